The van der Waals surface area contributed by atoms with Gasteiger partial charge in [-0.15, -0.1) is 0 Å². The number of carbonyl (C=O) groups is 1. The number of carboxylic acids is 1. The predicted octanol–water partition coefficient (Wildman–Crippen LogP) is 2.14. The maximum Gasteiger partial charge on any atom is 0.321 e. The van der Waals surface area contributed by atoms with E-state index in [0.29, 0.717) is 12.1 Å². The first-order valence-electron chi connectivity index (χ1n) is 6.73. The van der Waals surface area contributed by atoms with Gasteiger partial charge in [0.15, 0.2) is 0 Å². The molecule has 3 N–H and O–H groups in total. The number of pyridine rings is 1. The molecule has 0 aliphatic rings. The summed E-state index contributed by atoms with van der Waals surface area (Å²) in [6, 6.07) is 0.299. The van der Waals surface area contributed by atoms with Gasteiger partial charge in [0.25, 0.3) is 0 Å². The van der Waals surface area contributed by atoms with E-state index in [2.05, 4.69) is 14.7 Å². The number of H-pyrrole nitrogens is 1. The Morgan fingerprint density at radius 1 is 1.55 bits per heavy atom. The first-order chi connectivity index (χ1) is 10.4. The van der Waals surface area contributed by atoms with Crippen molar-refractivity contribution in [1.29, 1.82) is 0 Å². The van der Waals surface area contributed by atoms with Crippen LogP contribution in [0.25, 0.3) is 11.0 Å². The van der Waals surface area contributed by atoms with Crippen molar-refractivity contribution in [2.45, 2.75) is 37.1 Å². The molecule has 0 saturated heterocycles. The number of halogens is 1. The Kier molecular flexibility index (Phi) is 5.05. The summed E-state index contributed by atoms with van der Waals surface area (Å²) >= 11 is 6.02. The van der Waals surface area contributed by atoms with Crippen LogP contribution in [0.4, 0.5) is 0 Å². The van der Waals surface area contributed by atoms with E-state index in [9.17, 15) is 13.2 Å². The molecule has 0 aromatic carbocycles. The Labute approximate surface area is 132 Å². The number of nitrogens with zero attached hydrogens (tertiary/aromatic N) is 1. The first-order valence-corrected chi connectivity index (χ1v) is 8.59. The minimum atomic E-state index is -4.03. The van der Waals surface area contributed by atoms with Crippen LogP contribution in [0.1, 0.15) is 26.2 Å². The highest BCUT2D eigenvalue weighted by atomic mass is 35.5. The zero-order chi connectivity index (χ0) is 16.3. The number of hydrogen-bond acceptors (Lipinski definition) is 4. The molecule has 0 unspecified atom stereocenters. The SMILES string of the molecule is CCCC[C@H](NS(=O)(=O)c1c[nH]c2nccc(Cl)c12)C(=O)O. The molecule has 120 valence electrons. The molecule has 0 amide bonds. The molecule has 2 aromatic rings. The van der Waals surface area contributed by atoms with Crippen molar-refractivity contribution in [3.8, 4) is 0 Å². The van der Waals surface area contributed by atoms with Gasteiger partial charge in [-0.1, -0.05) is 31.4 Å². The van der Waals surface area contributed by atoms with Gasteiger partial charge in [-0.3, -0.25) is 4.79 Å². The molecule has 2 heterocycles. The molecule has 1 atom stereocenters. The summed E-state index contributed by atoms with van der Waals surface area (Å²) in [5.41, 5.74) is 0.327. The average molecular weight is 346 g/mol. The molecular formula is C13H16ClN3O4S. The maximum atomic E-state index is 12.5. The van der Waals surface area contributed by atoms with Crippen LogP contribution in [0.2, 0.25) is 5.02 Å². The minimum absolute atomic E-state index is 0.108. The van der Waals surface area contributed by atoms with Crippen LogP contribution < -0.4 is 4.72 Å². The fourth-order valence-electron chi connectivity index (χ4n) is 2.09. The number of aliphatic carboxylic acids is 1. The summed E-state index contributed by atoms with van der Waals surface area (Å²) in [6.45, 7) is 1.90. The lowest BCUT2D eigenvalue weighted by Gasteiger charge is -2.14. The number of rotatable bonds is 7. The Balaban J connectivity index is 2.38. The Morgan fingerprint density at radius 3 is 2.91 bits per heavy atom. The summed E-state index contributed by atoms with van der Waals surface area (Å²) < 4.78 is 27.1. The monoisotopic (exact) mass is 345 g/mol. The van der Waals surface area contributed by atoms with E-state index in [0.717, 1.165) is 6.42 Å². The van der Waals surface area contributed by atoms with Gasteiger partial charge in [0, 0.05) is 12.4 Å². The third-order valence-electron chi connectivity index (χ3n) is 3.22. The second kappa shape index (κ2) is 6.64. The first kappa shape index (κ1) is 16.7. The van der Waals surface area contributed by atoms with Gasteiger partial charge in [-0.2, -0.15) is 4.72 Å². The molecule has 0 saturated carbocycles. The van der Waals surface area contributed by atoms with Crippen LogP contribution in [-0.4, -0.2) is 35.5 Å². The maximum absolute atomic E-state index is 12.5. The third kappa shape index (κ3) is 3.40. The summed E-state index contributed by atoms with van der Waals surface area (Å²) in [6.07, 6.45) is 4.31. The number of sulfonamides is 1. The van der Waals surface area contributed by atoms with Gasteiger partial charge in [-0.05, 0) is 12.5 Å². The molecule has 2 rings (SSSR count). The van der Waals surface area contributed by atoms with Gasteiger partial charge in [-0.25, -0.2) is 13.4 Å². The Morgan fingerprint density at radius 2 is 2.27 bits per heavy atom. The van der Waals surface area contributed by atoms with Gasteiger partial charge in [0.05, 0.1) is 10.4 Å². The summed E-state index contributed by atoms with van der Waals surface area (Å²) in [5, 5.41) is 9.63. The molecule has 9 heteroatoms. The van der Waals surface area contributed by atoms with Gasteiger partial charge < -0.3 is 10.1 Å². The van der Waals surface area contributed by atoms with Crippen molar-refractivity contribution in [1.82, 2.24) is 14.7 Å². The summed E-state index contributed by atoms with van der Waals surface area (Å²) in [4.78, 5) is 17.8. The normalized spacial score (nSPS) is 13.4. The van der Waals surface area contributed by atoms with E-state index in [-0.39, 0.29) is 21.7 Å². The largest absolute Gasteiger partial charge is 0.480 e. The van der Waals surface area contributed by atoms with Crippen molar-refractivity contribution in [2.75, 3.05) is 0 Å². The predicted molar refractivity (Wildman–Crippen MR) is 82.4 cm³/mol. The Hall–Kier alpha value is -1.64. The van der Waals surface area contributed by atoms with E-state index in [1.807, 2.05) is 6.92 Å². The van der Waals surface area contributed by atoms with Crippen LogP contribution in [0.5, 0.6) is 0 Å². The highest BCUT2D eigenvalue weighted by molar-refractivity contribution is 7.89. The van der Waals surface area contributed by atoms with E-state index in [1.165, 1.54) is 18.5 Å². The lowest BCUT2D eigenvalue weighted by molar-refractivity contribution is -0.139. The van der Waals surface area contributed by atoms with Crippen molar-refractivity contribution < 1.29 is 18.3 Å². The number of carboxylic acid groups (broad SMARTS) is 1. The van der Waals surface area contributed by atoms with E-state index >= 15 is 0 Å². The zero-order valence-corrected chi connectivity index (χ0v) is 13.4. The van der Waals surface area contributed by atoms with Crippen LogP contribution in [0, 0.1) is 0 Å². The number of hydrogen-bond donors (Lipinski definition) is 3. The Bertz CT molecular complexity index is 788. The molecule has 2 aromatic heterocycles. The standard InChI is InChI=1S/C13H16ClN3O4S/c1-2-3-4-9(13(18)19)17-22(20,21)10-7-16-12-11(10)8(14)5-6-15-12/h5-7,9,17H,2-4H2,1H3,(H,15,16)(H,18,19)/t9-/m0/s1. The molecule has 0 radical (unpaired) electrons. The van der Waals surface area contributed by atoms with Gasteiger partial charge in [0.2, 0.25) is 10.0 Å². The van der Waals surface area contributed by atoms with E-state index in [1.54, 1.807) is 0 Å². The van der Waals surface area contributed by atoms with Gasteiger partial charge in [0.1, 0.15) is 16.6 Å². The number of aromatic amines is 1. The van der Waals surface area contributed by atoms with E-state index < -0.39 is 22.0 Å². The van der Waals surface area contributed by atoms with Crippen LogP contribution in [0.3, 0.4) is 0 Å². The van der Waals surface area contributed by atoms with Crippen molar-refractivity contribution >= 4 is 38.6 Å². The van der Waals surface area contributed by atoms with Gasteiger partial charge >= 0.3 is 5.97 Å². The molecule has 0 aliphatic carbocycles. The topological polar surface area (TPSA) is 112 Å². The zero-order valence-electron chi connectivity index (χ0n) is 11.8. The minimum Gasteiger partial charge on any atom is -0.480 e. The molecular weight excluding hydrogens is 330 g/mol. The van der Waals surface area contributed by atoms with Crippen LogP contribution in [0.15, 0.2) is 23.4 Å². The molecule has 0 bridgehead atoms. The van der Waals surface area contributed by atoms with Crippen LogP contribution in [-0.2, 0) is 14.8 Å². The number of fused-ring (bicyclic) bond motifs is 1. The van der Waals surface area contributed by atoms with Crippen molar-refractivity contribution in [3.63, 3.8) is 0 Å². The molecule has 0 aliphatic heterocycles. The molecule has 22 heavy (non-hydrogen) atoms. The number of aromatic nitrogens is 2. The summed E-state index contributed by atoms with van der Waals surface area (Å²) in [5.74, 6) is -1.21. The average Bonchev–Trinajstić information content (AvgIpc) is 2.89. The van der Waals surface area contributed by atoms with Crippen LogP contribution >= 0.6 is 11.6 Å². The smallest absolute Gasteiger partial charge is 0.321 e. The lowest BCUT2D eigenvalue weighted by atomic mass is 10.1. The third-order valence-corrected chi connectivity index (χ3v) is 5.03. The fraction of sp³-hybridized carbons (Fsp3) is 0.385. The molecule has 0 fully saturated rings. The molecule has 0 spiro atoms. The van der Waals surface area contributed by atoms with Crippen molar-refractivity contribution in [3.05, 3.63) is 23.5 Å². The lowest BCUT2D eigenvalue weighted by Crippen LogP contribution is -2.40. The second-order valence-corrected chi connectivity index (χ2v) is 6.91. The summed E-state index contributed by atoms with van der Waals surface area (Å²) in [7, 11) is -4.03. The number of unbranched alkanes of at least 4 members (excludes halogenated alkanes) is 1. The van der Waals surface area contributed by atoms with Crippen molar-refractivity contribution in [2.24, 2.45) is 0 Å². The number of nitrogens with one attached hydrogen (secondary N) is 2. The van der Waals surface area contributed by atoms with E-state index in [4.69, 9.17) is 16.7 Å². The highest BCUT2D eigenvalue weighted by Crippen LogP contribution is 2.28. The highest BCUT2D eigenvalue weighted by Gasteiger charge is 2.27. The fourth-order valence-corrected chi connectivity index (χ4v) is 3.81. The molecule has 7 nitrogen and oxygen atoms in total. The second-order valence-electron chi connectivity index (χ2n) is 4.82. The quantitative estimate of drug-likeness (QED) is 0.711.